The number of nitrogens with one attached hydrogen (secondary N) is 4. The number of pyridine rings is 2. The zero-order valence-corrected chi connectivity index (χ0v) is 41.9. The van der Waals surface area contributed by atoms with Crippen LogP contribution in [0.3, 0.4) is 0 Å². The van der Waals surface area contributed by atoms with Crippen LogP contribution >= 0.6 is 47.0 Å². The summed E-state index contributed by atoms with van der Waals surface area (Å²) in [5.41, 5.74) is 6.26. The van der Waals surface area contributed by atoms with Crippen LogP contribution in [0.25, 0.3) is 43.6 Å². The summed E-state index contributed by atoms with van der Waals surface area (Å²) in [5, 5.41) is 16.1. The van der Waals surface area contributed by atoms with Crippen LogP contribution in [-0.2, 0) is 19.2 Å². The number of aromatic nitrogens is 2. The van der Waals surface area contributed by atoms with Gasteiger partial charge in [0.2, 0.25) is 23.6 Å². The first-order valence-corrected chi connectivity index (χ1v) is 28.0. The lowest BCUT2D eigenvalue weighted by Gasteiger charge is -2.25. The van der Waals surface area contributed by atoms with E-state index in [1.54, 1.807) is 0 Å². The maximum atomic E-state index is 12.5. The van der Waals surface area contributed by atoms with Gasteiger partial charge in [-0.2, -0.15) is 47.0 Å². The molecule has 0 radical (unpaired) electrons. The fourth-order valence-corrected chi connectivity index (χ4v) is 12.5. The van der Waals surface area contributed by atoms with E-state index in [1.165, 1.54) is 0 Å². The van der Waals surface area contributed by atoms with E-state index in [0.29, 0.717) is 26.2 Å². The summed E-state index contributed by atoms with van der Waals surface area (Å²) in [6.07, 6.45) is 0. The van der Waals surface area contributed by atoms with E-state index in [1.807, 2.05) is 120 Å². The van der Waals surface area contributed by atoms with Crippen LogP contribution in [0.15, 0.2) is 84.9 Å². The van der Waals surface area contributed by atoms with E-state index in [9.17, 15) is 19.2 Å². The molecular formula is C50H60N10O5S4. The molecule has 4 amide bonds. The molecule has 10 rings (SSSR count). The van der Waals surface area contributed by atoms with Crippen LogP contribution in [0.5, 0.6) is 0 Å². The van der Waals surface area contributed by atoms with Gasteiger partial charge >= 0.3 is 0 Å². The lowest BCUT2D eigenvalue weighted by molar-refractivity contribution is -0.118. The molecule has 0 atom stereocenters. The lowest BCUT2D eigenvalue weighted by atomic mass is 10.1. The maximum Gasteiger partial charge on any atom is 0.238 e. The SMILES string of the molecule is O.O=C(CN1CCSCC1)Nc1ccc2cc3ccc(NC(=O)CN4CCSCC4)cc3nc2c1.O=C(CN1CCSCC1)Nc1ccc2cc3ccc(NC(=O)CN4CCSCC4)cc3nc2c1. The third-order valence-electron chi connectivity index (χ3n) is 12.2. The Bertz CT molecular complexity index is 2400. The Kier molecular flexibility index (Phi) is 18.3. The Hall–Kier alpha value is -4.70. The average Bonchev–Trinajstić information content (AvgIpc) is 3.34. The van der Waals surface area contributed by atoms with Crippen molar-refractivity contribution in [3.63, 3.8) is 0 Å². The van der Waals surface area contributed by atoms with Gasteiger partial charge in [0.1, 0.15) is 0 Å². The molecule has 4 saturated heterocycles. The molecule has 364 valence electrons. The Morgan fingerprint density at radius 1 is 0.362 bits per heavy atom. The molecule has 0 spiro atoms. The fraction of sp³-hybridized carbons (Fsp3) is 0.400. The monoisotopic (exact) mass is 1010 g/mol. The number of fused-ring (bicyclic) bond motifs is 4. The van der Waals surface area contributed by atoms with E-state index in [-0.39, 0.29) is 29.1 Å². The van der Waals surface area contributed by atoms with Gasteiger partial charge in [-0.25, -0.2) is 9.97 Å². The lowest BCUT2D eigenvalue weighted by Crippen LogP contribution is -2.38. The number of hydrogen-bond acceptors (Lipinski definition) is 14. The van der Waals surface area contributed by atoms with Gasteiger partial charge in [0.15, 0.2) is 0 Å². The van der Waals surface area contributed by atoms with E-state index in [4.69, 9.17) is 9.97 Å². The van der Waals surface area contributed by atoms with Crippen molar-refractivity contribution >= 4 is 137 Å². The Labute approximate surface area is 419 Å². The highest BCUT2D eigenvalue weighted by Crippen LogP contribution is 2.27. The van der Waals surface area contributed by atoms with E-state index in [2.05, 4.69) is 53.0 Å². The van der Waals surface area contributed by atoms with Crippen LogP contribution in [0, 0.1) is 0 Å². The predicted octanol–water partition coefficient (Wildman–Crippen LogP) is 5.90. The van der Waals surface area contributed by atoms with Crippen LogP contribution < -0.4 is 21.3 Å². The molecule has 4 fully saturated rings. The first-order valence-electron chi connectivity index (χ1n) is 23.3. The first-order chi connectivity index (χ1) is 33.2. The summed E-state index contributed by atoms with van der Waals surface area (Å²) >= 11 is 7.74. The number of nitrogens with zero attached hydrogens (tertiary/aromatic N) is 6. The number of rotatable bonds is 12. The summed E-state index contributed by atoms with van der Waals surface area (Å²) < 4.78 is 0. The zero-order chi connectivity index (χ0) is 46.7. The number of hydrogen-bond donors (Lipinski definition) is 4. The minimum Gasteiger partial charge on any atom is -0.412 e. The third kappa shape index (κ3) is 14.7. The maximum absolute atomic E-state index is 12.5. The second kappa shape index (κ2) is 24.9. The van der Waals surface area contributed by atoms with Crippen molar-refractivity contribution in [1.29, 1.82) is 0 Å². The molecular weight excluding hydrogens is 949 g/mol. The zero-order valence-electron chi connectivity index (χ0n) is 38.7. The standard InChI is InChI=1S/2C25H29N5O2S2.H2O/c2*31-24(16-29-5-9-33-10-6-29)26-20-3-1-18-13-19-2-4-21(15-23(19)28-22(18)14-20)27-25(32)17-30-7-11-34-12-8-30;/h2*1-4,13-15H,5-12,16-17H2,(H,26,31)(H,27,32);1H2. The third-order valence-corrected chi connectivity index (χ3v) is 16.0. The molecule has 19 heteroatoms. The second-order valence-corrected chi connectivity index (χ2v) is 22.3. The summed E-state index contributed by atoms with van der Waals surface area (Å²) in [6.45, 7) is 9.34. The van der Waals surface area contributed by atoms with Crippen molar-refractivity contribution in [2.45, 2.75) is 0 Å². The molecule has 6 aromatic rings. The van der Waals surface area contributed by atoms with Crippen molar-refractivity contribution in [1.82, 2.24) is 29.6 Å². The summed E-state index contributed by atoms with van der Waals surface area (Å²) in [5.74, 6) is 8.68. The van der Waals surface area contributed by atoms with E-state index in [0.717, 1.165) is 165 Å². The number of amides is 4. The molecule has 6 N–H and O–H groups in total. The molecule has 4 aliphatic rings. The Balaban J connectivity index is 0.000000183. The number of carbonyl (C=O) groups is 4. The van der Waals surface area contributed by atoms with Gasteiger partial charge in [-0.3, -0.25) is 38.8 Å². The van der Waals surface area contributed by atoms with Crippen LogP contribution in [0.2, 0.25) is 0 Å². The van der Waals surface area contributed by atoms with Crippen molar-refractivity contribution in [3.8, 4) is 0 Å². The van der Waals surface area contributed by atoms with Gasteiger partial charge in [-0.05, 0) is 60.7 Å². The predicted molar refractivity (Wildman–Crippen MR) is 292 cm³/mol. The van der Waals surface area contributed by atoms with Crippen molar-refractivity contribution in [3.05, 3.63) is 84.9 Å². The summed E-state index contributed by atoms with van der Waals surface area (Å²) in [6, 6.07) is 27.5. The minimum absolute atomic E-state index is 0. The Morgan fingerprint density at radius 2 is 0.580 bits per heavy atom. The molecule has 4 aromatic carbocycles. The molecule has 0 aliphatic carbocycles. The van der Waals surface area contributed by atoms with Crippen LogP contribution in [0.4, 0.5) is 22.7 Å². The molecule has 2 aromatic heterocycles. The molecule has 69 heavy (non-hydrogen) atoms. The highest BCUT2D eigenvalue weighted by molar-refractivity contribution is 8.00. The number of thioether (sulfide) groups is 4. The van der Waals surface area contributed by atoms with Gasteiger partial charge < -0.3 is 26.7 Å². The molecule has 6 heterocycles. The van der Waals surface area contributed by atoms with E-state index >= 15 is 0 Å². The number of benzene rings is 4. The normalized spacial score (nSPS) is 17.4. The second-order valence-electron chi connectivity index (χ2n) is 17.4. The van der Waals surface area contributed by atoms with Crippen molar-refractivity contribution in [2.24, 2.45) is 0 Å². The van der Waals surface area contributed by atoms with Gasteiger partial charge in [-0.15, -0.1) is 0 Å². The number of anilines is 4. The van der Waals surface area contributed by atoms with Crippen molar-refractivity contribution in [2.75, 3.05) is 146 Å². The summed E-state index contributed by atoms with van der Waals surface area (Å²) in [7, 11) is 0. The quantitative estimate of drug-likeness (QED) is 0.106. The van der Waals surface area contributed by atoms with Gasteiger partial charge in [0.25, 0.3) is 0 Å². The highest BCUT2D eigenvalue weighted by Gasteiger charge is 2.18. The van der Waals surface area contributed by atoms with E-state index < -0.39 is 0 Å². The number of carbonyl (C=O) groups excluding carboxylic acids is 4. The van der Waals surface area contributed by atoms with Gasteiger partial charge in [-0.1, -0.05) is 24.3 Å². The van der Waals surface area contributed by atoms with Crippen LogP contribution in [-0.4, -0.2) is 183 Å². The average molecular weight is 1010 g/mol. The molecule has 0 unspecified atom stereocenters. The minimum atomic E-state index is 0. The van der Waals surface area contributed by atoms with Crippen molar-refractivity contribution < 1.29 is 24.7 Å². The Morgan fingerprint density at radius 3 is 0.797 bits per heavy atom. The highest BCUT2D eigenvalue weighted by atomic mass is 32.2. The van der Waals surface area contributed by atoms with Crippen LogP contribution in [0.1, 0.15) is 0 Å². The largest absolute Gasteiger partial charge is 0.412 e. The smallest absolute Gasteiger partial charge is 0.238 e. The summed E-state index contributed by atoms with van der Waals surface area (Å²) in [4.78, 5) is 68.4. The molecule has 4 aliphatic heterocycles. The van der Waals surface area contributed by atoms with Gasteiger partial charge in [0.05, 0.1) is 48.2 Å². The molecule has 15 nitrogen and oxygen atoms in total. The molecule has 0 saturated carbocycles. The topological polar surface area (TPSA) is 187 Å². The fourth-order valence-electron chi connectivity index (χ4n) is 8.61. The first kappa shape index (κ1) is 50.7. The molecule has 0 bridgehead atoms. The van der Waals surface area contributed by atoms with Gasteiger partial charge in [0, 0.05) is 143 Å².